The third kappa shape index (κ3) is 1.50. The highest BCUT2D eigenvalue weighted by molar-refractivity contribution is 5.95. The van der Waals surface area contributed by atoms with Crippen LogP contribution in [0, 0.1) is 0 Å². The topological polar surface area (TPSA) is 76.5 Å². The maximum atomic E-state index is 11.4. The van der Waals surface area contributed by atoms with E-state index in [0.717, 1.165) is 4.52 Å². The van der Waals surface area contributed by atoms with E-state index in [4.69, 9.17) is 4.74 Å². The summed E-state index contributed by atoms with van der Waals surface area (Å²) in [7, 11) is 0. The standard InChI is InChI=1S/C9H9N3O3/c1-2-15-9(14)6-5-11-12-7(13)3-4-10-8(6)12/h3-5,10H,2H2,1H3. The number of nitrogens with one attached hydrogen (secondary N) is 1. The number of carbonyl (C=O) groups is 1. The van der Waals surface area contributed by atoms with Crippen LogP contribution in [0.1, 0.15) is 17.3 Å². The van der Waals surface area contributed by atoms with E-state index in [1.807, 2.05) is 0 Å². The molecule has 0 saturated carbocycles. The van der Waals surface area contributed by atoms with E-state index >= 15 is 0 Å². The molecule has 0 aliphatic rings. The van der Waals surface area contributed by atoms with Crippen molar-refractivity contribution in [3.8, 4) is 0 Å². The molecule has 0 unspecified atom stereocenters. The molecule has 0 aliphatic heterocycles. The van der Waals surface area contributed by atoms with Gasteiger partial charge in [-0.2, -0.15) is 9.61 Å². The lowest BCUT2D eigenvalue weighted by atomic mass is 10.3. The lowest BCUT2D eigenvalue weighted by Crippen LogP contribution is -2.13. The van der Waals surface area contributed by atoms with Crippen LogP contribution in [0.4, 0.5) is 0 Å². The second-order valence-electron chi connectivity index (χ2n) is 2.86. The molecule has 0 amide bonds. The molecule has 0 aromatic carbocycles. The van der Waals surface area contributed by atoms with Crippen molar-refractivity contribution < 1.29 is 9.53 Å². The van der Waals surface area contributed by atoms with Gasteiger partial charge in [0.1, 0.15) is 5.56 Å². The Hall–Kier alpha value is -2.11. The molecule has 0 aliphatic carbocycles. The van der Waals surface area contributed by atoms with Crippen molar-refractivity contribution in [3.63, 3.8) is 0 Å². The molecule has 15 heavy (non-hydrogen) atoms. The Labute approximate surface area is 84.5 Å². The highest BCUT2D eigenvalue weighted by Gasteiger charge is 2.14. The first-order valence-electron chi connectivity index (χ1n) is 4.46. The van der Waals surface area contributed by atoms with Gasteiger partial charge in [-0.15, -0.1) is 0 Å². The minimum Gasteiger partial charge on any atom is -0.462 e. The highest BCUT2D eigenvalue weighted by atomic mass is 16.5. The van der Waals surface area contributed by atoms with Crippen molar-refractivity contribution in [1.82, 2.24) is 14.6 Å². The molecular formula is C9H9N3O3. The zero-order valence-electron chi connectivity index (χ0n) is 8.06. The number of aromatic amines is 1. The van der Waals surface area contributed by atoms with Crippen LogP contribution in [-0.2, 0) is 4.74 Å². The normalized spacial score (nSPS) is 10.5. The van der Waals surface area contributed by atoms with Crippen molar-refractivity contribution in [2.24, 2.45) is 0 Å². The van der Waals surface area contributed by atoms with Gasteiger partial charge in [-0.05, 0) is 6.92 Å². The summed E-state index contributed by atoms with van der Waals surface area (Å²) in [6.07, 6.45) is 2.77. The molecule has 6 heteroatoms. The number of ether oxygens (including phenoxy) is 1. The number of hydrogen-bond donors (Lipinski definition) is 1. The van der Waals surface area contributed by atoms with Crippen LogP contribution in [0.2, 0.25) is 0 Å². The average molecular weight is 207 g/mol. The van der Waals surface area contributed by atoms with Gasteiger partial charge in [0, 0.05) is 12.3 Å². The van der Waals surface area contributed by atoms with Crippen molar-refractivity contribution in [2.75, 3.05) is 6.61 Å². The molecule has 0 bridgehead atoms. The van der Waals surface area contributed by atoms with Gasteiger partial charge in [-0.25, -0.2) is 4.79 Å². The quantitative estimate of drug-likeness (QED) is 0.713. The number of esters is 1. The SMILES string of the molecule is CCOC(=O)c1cnn2c(=O)cc[nH]c12. The molecule has 1 N–H and O–H groups in total. The summed E-state index contributed by atoms with van der Waals surface area (Å²) in [4.78, 5) is 25.5. The van der Waals surface area contributed by atoms with Crippen LogP contribution in [0.15, 0.2) is 23.3 Å². The molecule has 2 rings (SSSR count). The van der Waals surface area contributed by atoms with Gasteiger partial charge in [0.2, 0.25) is 0 Å². The van der Waals surface area contributed by atoms with Gasteiger partial charge in [0.05, 0.1) is 12.8 Å². The van der Waals surface area contributed by atoms with E-state index in [1.54, 1.807) is 6.92 Å². The van der Waals surface area contributed by atoms with Gasteiger partial charge in [0.15, 0.2) is 5.65 Å². The number of hydrogen-bond acceptors (Lipinski definition) is 4. The molecule has 0 fully saturated rings. The predicted octanol–water partition coefficient (Wildman–Crippen LogP) is 0.199. The van der Waals surface area contributed by atoms with Crippen molar-refractivity contribution in [1.29, 1.82) is 0 Å². The summed E-state index contributed by atoms with van der Waals surface area (Å²) in [6.45, 7) is 2.00. The summed E-state index contributed by atoms with van der Waals surface area (Å²) >= 11 is 0. The molecule has 0 spiro atoms. The van der Waals surface area contributed by atoms with Gasteiger partial charge < -0.3 is 9.72 Å². The van der Waals surface area contributed by atoms with Gasteiger partial charge >= 0.3 is 5.97 Å². The zero-order valence-corrected chi connectivity index (χ0v) is 8.06. The molecule has 0 saturated heterocycles. The highest BCUT2D eigenvalue weighted by Crippen LogP contribution is 2.06. The third-order valence-electron chi connectivity index (χ3n) is 1.92. The summed E-state index contributed by atoms with van der Waals surface area (Å²) in [5, 5.41) is 3.79. The van der Waals surface area contributed by atoms with Crippen molar-refractivity contribution >= 4 is 11.6 Å². The van der Waals surface area contributed by atoms with Crippen molar-refractivity contribution in [3.05, 3.63) is 34.4 Å². The van der Waals surface area contributed by atoms with Crippen LogP contribution in [0.3, 0.4) is 0 Å². The Bertz CT molecular complexity index is 555. The van der Waals surface area contributed by atoms with Gasteiger partial charge in [0.25, 0.3) is 5.56 Å². The van der Waals surface area contributed by atoms with Gasteiger partial charge in [-0.1, -0.05) is 0 Å². The lowest BCUT2D eigenvalue weighted by molar-refractivity contribution is 0.0528. The number of rotatable bonds is 2. The first-order valence-corrected chi connectivity index (χ1v) is 4.46. The fraction of sp³-hybridized carbons (Fsp3) is 0.222. The molecule has 2 aromatic heterocycles. The molecule has 0 radical (unpaired) electrons. The van der Waals surface area contributed by atoms with Crippen LogP contribution >= 0.6 is 0 Å². The van der Waals surface area contributed by atoms with Crippen molar-refractivity contribution in [2.45, 2.75) is 6.92 Å². The number of aromatic nitrogens is 3. The summed E-state index contributed by atoms with van der Waals surface area (Å²) in [5.41, 5.74) is 0.315. The number of carbonyl (C=O) groups excluding carboxylic acids is 1. The van der Waals surface area contributed by atoms with Crippen LogP contribution in [-0.4, -0.2) is 27.2 Å². The van der Waals surface area contributed by atoms with E-state index in [-0.39, 0.29) is 17.7 Å². The largest absolute Gasteiger partial charge is 0.462 e. The lowest BCUT2D eigenvalue weighted by Gasteiger charge is -1.98. The van der Waals surface area contributed by atoms with Gasteiger partial charge in [-0.3, -0.25) is 4.79 Å². The molecular weight excluding hydrogens is 198 g/mol. The van der Waals surface area contributed by atoms with Crippen LogP contribution in [0.25, 0.3) is 5.65 Å². The fourth-order valence-electron chi connectivity index (χ4n) is 1.28. The summed E-state index contributed by atoms with van der Waals surface area (Å²) in [6, 6.07) is 1.33. The molecule has 78 valence electrons. The maximum Gasteiger partial charge on any atom is 0.343 e. The molecule has 2 heterocycles. The minimum atomic E-state index is -0.491. The van der Waals surface area contributed by atoms with E-state index in [0.29, 0.717) is 5.65 Å². The smallest absolute Gasteiger partial charge is 0.343 e. The summed E-state index contributed by atoms with van der Waals surface area (Å²) < 4.78 is 5.94. The summed E-state index contributed by atoms with van der Waals surface area (Å²) in [5.74, 6) is -0.491. The number of H-pyrrole nitrogens is 1. The van der Waals surface area contributed by atoms with Crippen LogP contribution in [0.5, 0.6) is 0 Å². The minimum absolute atomic E-state index is 0.259. The Morgan fingerprint density at radius 2 is 2.47 bits per heavy atom. The van der Waals surface area contributed by atoms with E-state index < -0.39 is 5.97 Å². The zero-order chi connectivity index (χ0) is 10.8. The third-order valence-corrected chi connectivity index (χ3v) is 1.92. The number of fused-ring (bicyclic) bond motifs is 1. The second-order valence-corrected chi connectivity index (χ2v) is 2.86. The Kier molecular flexibility index (Phi) is 2.24. The van der Waals surface area contributed by atoms with E-state index in [1.165, 1.54) is 18.5 Å². The second kappa shape index (κ2) is 3.56. The van der Waals surface area contributed by atoms with E-state index in [2.05, 4.69) is 10.1 Å². The Balaban J connectivity index is 2.59. The monoisotopic (exact) mass is 207 g/mol. The maximum absolute atomic E-state index is 11.4. The predicted molar refractivity (Wildman–Crippen MR) is 51.8 cm³/mol. The first kappa shape index (κ1) is 9.45. The molecule has 2 aromatic rings. The Morgan fingerprint density at radius 3 is 3.20 bits per heavy atom. The fourth-order valence-corrected chi connectivity index (χ4v) is 1.28. The Morgan fingerprint density at radius 1 is 1.67 bits per heavy atom. The van der Waals surface area contributed by atoms with Crippen LogP contribution < -0.4 is 5.56 Å². The average Bonchev–Trinajstić information content (AvgIpc) is 2.63. The number of nitrogens with zero attached hydrogens (tertiary/aromatic N) is 2. The molecule has 0 atom stereocenters. The van der Waals surface area contributed by atoms with E-state index in [9.17, 15) is 9.59 Å². The first-order chi connectivity index (χ1) is 7.24. The molecule has 6 nitrogen and oxygen atoms in total.